The number of fused-ring (bicyclic) bond motifs is 1. The van der Waals surface area contributed by atoms with Crippen molar-refractivity contribution in [2.75, 3.05) is 0 Å². The van der Waals surface area contributed by atoms with Gasteiger partial charge in [0.05, 0.1) is 16.7 Å². The Balaban J connectivity index is 2.95. The molecule has 1 heterocycles. The average molecular weight is 152 g/mol. The molecule has 0 aliphatic carbocycles. The summed E-state index contributed by atoms with van der Waals surface area (Å²) in [6, 6.07) is 6.52. The second-order valence-electron chi connectivity index (χ2n) is 1.99. The molecule has 1 radical (unpaired) electrons. The molecule has 2 rings (SSSR count). The number of rotatable bonds is 0. The predicted octanol–water partition coefficient (Wildman–Crippen LogP) is 2.02. The molecule has 10 heavy (non-hydrogen) atoms. The predicted molar refractivity (Wildman–Crippen MR) is 39.9 cm³/mol. The first-order valence-electron chi connectivity index (χ1n) is 2.87. The molecule has 0 saturated carbocycles. The topological polar surface area (TPSA) is 28.7 Å². The minimum Gasteiger partial charge on any atom is -0.278 e. The Bertz CT molecular complexity index is 353. The number of nitrogens with zero attached hydrogens (tertiary/aromatic N) is 1. The molecular weight excluding hydrogens is 148 g/mol. The van der Waals surface area contributed by atoms with Crippen molar-refractivity contribution in [1.29, 1.82) is 0 Å². The number of H-pyrrole nitrogens is 1. The van der Waals surface area contributed by atoms with E-state index >= 15 is 0 Å². The molecule has 1 N–H and O–H groups in total. The molecule has 2 nitrogen and oxygen atoms in total. The molecule has 0 bridgehead atoms. The summed E-state index contributed by atoms with van der Waals surface area (Å²) in [5, 5.41) is 8.18. The fourth-order valence-electron chi connectivity index (χ4n) is 0.874. The number of benzene rings is 1. The normalized spacial score (nSPS) is 10.5. The van der Waals surface area contributed by atoms with Gasteiger partial charge in [-0.25, -0.2) is 0 Å². The van der Waals surface area contributed by atoms with Gasteiger partial charge in [-0.05, 0) is 6.07 Å². The molecule has 1 aromatic carbocycles. The van der Waals surface area contributed by atoms with Crippen LogP contribution in [-0.4, -0.2) is 10.2 Å². The number of aromatic amines is 1. The molecule has 0 saturated heterocycles. The highest BCUT2D eigenvalue weighted by Crippen LogP contribution is 2.19. The zero-order valence-electron chi connectivity index (χ0n) is 5.06. The van der Waals surface area contributed by atoms with Crippen LogP contribution >= 0.6 is 11.6 Å². The monoisotopic (exact) mass is 151 g/mol. The average Bonchev–Trinajstić information content (AvgIpc) is 2.36. The van der Waals surface area contributed by atoms with E-state index < -0.39 is 0 Å². The van der Waals surface area contributed by atoms with E-state index in [0.717, 1.165) is 10.9 Å². The highest BCUT2D eigenvalue weighted by molar-refractivity contribution is 6.35. The first-order valence-corrected chi connectivity index (χ1v) is 3.25. The summed E-state index contributed by atoms with van der Waals surface area (Å²) >= 11 is 5.78. The van der Waals surface area contributed by atoms with Gasteiger partial charge >= 0.3 is 0 Å². The lowest BCUT2D eigenvalue weighted by atomic mass is 10.3. The van der Waals surface area contributed by atoms with Gasteiger partial charge in [0.2, 0.25) is 0 Å². The Morgan fingerprint density at radius 2 is 2.50 bits per heavy atom. The molecule has 0 fully saturated rings. The quantitative estimate of drug-likeness (QED) is 0.613. The highest BCUT2D eigenvalue weighted by atomic mass is 35.5. The molecule has 1 aromatic heterocycles. The third kappa shape index (κ3) is 0.693. The summed E-state index contributed by atoms with van der Waals surface area (Å²) in [5.41, 5.74) is 0.948. The van der Waals surface area contributed by atoms with Crippen molar-refractivity contribution in [2.24, 2.45) is 0 Å². The zero-order valence-corrected chi connectivity index (χ0v) is 5.81. The molecule has 0 amide bonds. The van der Waals surface area contributed by atoms with E-state index in [1.165, 1.54) is 0 Å². The molecule has 0 spiro atoms. The molecule has 0 aliphatic heterocycles. The van der Waals surface area contributed by atoms with Crippen LogP contribution in [0.2, 0.25) is 5.02 Å². The van der Waals surface area contributed by atoms with Crippen molar-refractivity contribution in [3.8, 4) is 0 Å². The lowest BCUT2D eigenvalue weighted by molar-refractivity contribution is 1.12. The molecule has 2 aromatic rings. The fraction of sp³-hybridized carbons (Fsp3) is 0. The lowest BCUT2D eigenvalue weighted by Gasteiger charge is -1.87. The number of halogens is 1. The Kier molecular flexibility index (Phi) is 1.14. The van der Waals surface area contributed by atoms with Crippen molar-refractivity contribution in [2.45, 2.75) is 0 Å². The van der Waals surface area contributed by atoms with Gasteiger partial charge in [-0.2, -0.15) is 5.10 Å². The minimum atomic E-state index is 0.617. The van der Waals surface area contributed by atoms with Crippen LogP contribution in [0.1, 0.15) is 0 Å². The van der Waals surface area contributed by atoms with E-state index in [-0.39, 0.29) is 0 Å². The Morgan fingerprint density at radius 3 is 3.30 bits per heavy atom. The van der Waals surface area contributed by atoms with E-state index in [2.05, 4.69) is 16.3 Å². The van der Waals surface area contributed by atoms with Crippen molar-refractivity contribution in [3.63, 3.8) is 0 Å². The van der Waals surface area contributed by atoms with Gasteiger partial charge in [0.15, 0.2) is 0 Å². The summed E-state index contributed by atoms with van der Waals surface area (Å²) in [7, 11) is 0. The third-order valence-corrected chi connectivity index (χ3v) is 1.68. The highest BCUT2D eigenvalue weighted by Gasteiger charge is 1.97. The first kappa shape index (κ1) is 5.74. The van der Waals surface area contributed by atoms with Gasteiger partial charge in [-0.1, -0.05) is 17.7 Å². The van der Waals surface area contributed by atoms with Gasteiger partial charge < -0.3 is 0 Å². The number of hydrogen-bond donors (Lipinski definition) is 1. The Labute approximate surface area is 62.8 Å². The summed E-state index contributed by atoms with van der Waals surface area (Å²) in [5.74, 6) is 0. The maximum Gasteiger partial charge on any atom is 0.0665 e. The van der Waals surface area contributed by atoms with Crippen LogP contribution in [0.25, 0.3) is 10.9 Å². The van der Waals surface area contributed by atoms with E-state index in [0.29, 0.717) is 5.02 Å². The summed E-state index contributed by atoms with van der Waals surface area (Å²) in [6.45, 7) is 0. The van der Waals surface area contributed by atoms with Crippen molar-refractivity contribution < 1.29 is 0 Å². The van der Waals surface area contributed by atoms with Gasteiger partial charge in [0.25, 0.3) is 0 Å². The maximum absolute atomic E-state index is 5.78. The smallest absolute Gasteiger partial charge is 0.0665 e. The first-order chi connectivity index (χ1) is 4.88. The Morgan fingerprint density at radius 1 is 1.60 bits per heavy atom. The molecule has 0 unspecified atom stereocenters. The van der Waals surface area contributed by atoms with E-state index in [4.69, 9.17) is 11.6 Å². The van der Waals surface area contributed by atoms with Crippen molar-refractivity contribution in [3.05, 3.63) is 29.4 Å². The molecule has 3 heteroatoms. The third-order valence-electron chi connectivity index (χ3n) is 1.37. The molecular formula is C7H4ClN2. The second-order valence-corrected chi connectivity index (χ2v) is 2.37. The molecule has 0 atom stereocenters. The number of aromatic nitrogens is 2. The largest absolute Gasteiger partial charge is 0.278 e. The molecule has 0 aliphatic rings. The molecule has 49 valence electrons. The SMILES string of the molecule is Clc1[c]ccc2[nH]ncc12. The second kappa shape index (κ2) is 1.99. The van der Waals surface area contributed by atoms with Crippen LogP contribution < -0.4 is 0 Å². The van der Waals surface area contributed by atoms with Gasteiger partial charge in [0, 0.05) is 11.5 Å². The fourth-order valence-corrected chi connectivity index (χ4v) is 1.09. The summed E-state index contributed by atoms with van der Waals surface area (Å²) in [6.07, 6.45) is 1.69. The van der Waals surface area contributed by atoms with E-state index in [1.807, 2.05) is 6.07 Å². The van der Waals surface area contributed by atoms with Crippen LogP contribution in [0, 0.1) is 6.07 Å². The van der Waals surface area contributed by atoms with Gasteiger partial charge in [-0.15, -0.1) is 0 Å². The Hall–Kier alpha value is -1.02. The van der Waals surface area contributed by atoms with Gasteiger partial charge in [-0.3, -0.25) is 5.10 Å². The van der Waals surface area contributed by atoms with Crippen LogP contribution in [-0.2, 0) is 0 Å². The van der Waals surface area contributed by atoms with E-state index in [9.17, 15) is 0 Å². The van der Waals surface area contributed by atoms with Crippen LogP contribution in [0.3, 0.4) is 0 Å². The van der Waals surface area contributed by atoms with Crippen molar-refractivity contribution in [1.82, 2.24) is 10.2 Å². The number of nitrogens with one attached hydrogen (secondary N) is 1. The van der Waals surface area contributed by atoms with Crippen molar-refractivity contribution >= 4 is 22.5 Å². The summed E-state index contributed by atoms with van der Waals surface area (Å²) in [4.78, 5) is 0. The van der Waals surface area contributed by atoms with Crippen LogP contribution in [0.15, 0.2) is 18.3 Å². The van der Waals surface area contributed by atoms with Gasteiger partial charge in [0.1, 0.15) is 0 Å². The minimum absolute atomic E-state index is 0.617. The van der Waals surface area contributed by atoms with E-state index in [1.54, 1.807) is 12.3 Å². The van der Waals surface area contributed by atoms with Crippen LogP contribution in [0.5, 0.6) is 0 Å². The lowest BCUT2D eigenvalue weighted by Crippen LogP contribution is -1.67. The number of hydrogen-bond acceptors (Lipinski definition) is 1. The zero-order chi connectivity index (χ0) is 6.97. The van der Waals surface area contributed by atoms with Crippen LogP contribution in [0.4, 0.5) is 0 Å². The standard InChI is InChI=1S/C7H4ClN2/c8-6-2-1-3-7-5(6)4-9-10-7/h1,3-4H,(H,9,10). The summed E-state index contributed by atoms with van der Waals surface area (Å²) < 4.78 is 0. The maximum atomic E-state index is 5.78.